The fourth-order valence-corrected chi connectivity index (χ4v) is 2.59. The van der Waals surface area contributed by atoms with Gasteiger partial charge < -0.3 is 9.97 Å². The average Bonchev–Trinajstić information content (AvgIpc) is 3.16. The second-order valence-electron chi connectivity index (χ2n) is 5.07. The van der Waals surface area contributed by atoms with E-state index >= 15 is 0 Å². The predicted octanol–water partition coefficient (Wildman–Crippen LogP) is 4.10. The maximum atomic E-state index is 4.16. The number of benzene rings is 2. The monoisotopic (exact) mass is 286 g/mol. The summed E-state index contributed by atoms with van der Waals surface area (Å²) in [6.07, 6.45) is 7.42. The molecule has 0 aliphatic heterocycles. The SMILES string of the molecule is C(=NN=Cc1c[nH]c2ccccc12)c1c[nH]c2ccccc12. The van der Waals surface area contributed by atoms with Crippen LogP contribution in [0.5, 0.6) is 0 Å². The Morgan fingerprint density at radius 1 is 0.636 bits per heavy atom. The summed E-state index contributed by atoms with van der Waals surface area (Å²) in [7, 11) is 0. The minimum atomic E-state index is 1.03. The largest absolute Gasteiger partial charge is 0.361 e. The summed E-state index contributed by atoms with van der Waals surface area (Å²) >= 11 is 0. The van der Waals surface area contributed by atoms with Gasteiger partial charge in [0.1, 0.15) is 0 Å². The highest BCUT2D eigenvalue weighted by Crippen LogP contribution is 2.17. The van der Waals surface area contributed by atoms with Crippen molar-refractivity contribution in [2.75, 3.05) is 0 Å². The minimum Gasteiger partial charge on any atom is -0.361 e. The summed E-state index contributed by atoms with van der Waals surface area (Å²) in [5.74, 6) is 0. The lowest BCUT2D eigenvalue weighted by molar-refractivity contribution is 1.27. The Kier molecular flexibility index (Phi) is 3.05. The molecule has 2 aromatic heterocycles. The zero-order valence-electron chi connectivity index (χ0n) is 11.8. The standard InChI is InChI=1S/C18H14N4/c1-3-7-17-15(5-1)13(9-19-17)11-21-22-12-14-10-20-18-8-4-2-6-16(14)18/h1-12,19-20H. The van der Waals surface area contributed by atoms with E-state index < -0.39 is 0 Å². The molecule has 0 spiro atoms. The molecule has 4 aromatic rings. The first kappa shape index (κ1) is 12.6. The second kappa shape index (κ2) is 5.33. The molecule has 0 saturated carbocycles. The van der Waals surface area contributed by atoms with Crippen LogP contribution in [0.3, 0.4) is 0 Å². The molecule has 4 heteroatoms. The molecule has 2 N–H and O–H groups in total. The Labute approximate surface area is 127 Å². The van der Waals surface area contributed by atoms with Gasteiger partial charge in [-0.25, -0.2) is 0 Å². The number of para-hydroxylation sites is 2. The molecule has 0 amide bonds. The van der Waals surface area contributed by atoms with E-state index in [9.17, 15) is 0 Å². The van der Waals surface area contributed by atoms with Gasteiger partial charge in [0, 0.05) is 45.3 Å². The van der Waals surface area contributed by atoms with Crippen LogP contribution in [-0.4, -0.2) is 22.4 Å². The Hall–Kier alpha value is -3.14. The van der Waals surface area contributed by atoms with Crippen LogP contribution in [0.4, 0.5) is 0 Å². The summed E-state index contributed by atoms with van der Waals surface area (Å²) in [6, 6.07) is 16.3. The van der Waals surface area contributed by atoms with Gasteiger partial charge in [-0.15, -0.1) is 0 Å². The van der Waals surface area contributed by atoms with E-state index in [1.807, 2.05) is 48.8 Å². The fourth-order valence-electron chi connectivity index (χ4n) is 2.59. The number of nitrogens with one attached hydrogen (secondary N) is 2. The molecule has 0 fully saturated rings. The van der Waals surface area contributed by atoms with Crippen molar-refractivity contribution < 1.29 is 0 Å². The molecule has 0 bridgehead atoms. The minimum absolute atomic E-state index is 1.03. The lowest BCUT2D eigenvalue weighted by Gasteiger charge is -1.90. The van der Waals surface area contributed by atoms with E-state index in [1.54, 1.807) is 12.4 Å². The third kappa shape index (κ3) is 2.20. The fraction of sp³-hybridized carbons (Fsp3) is 0. The molecule has 0 unspecified atom stereocenters. The zero-order chi connectivity index (χ0) is 14.8. The highest BCUT2D eigenvalue weighted by atomic mass is 15.2. The van der Waals surface area contributed by atoms with Crippen molar-refractivity contribution in [3.05, 3.63) is 72.1 Å². The quantitative estimate of drug-likeness (QED) is 0.421. The molecular formula is C18H14N4. The van der Waals surface area contributed by atoms with Crippen molar-refractivity contribution in [3.8, 4) is 0 Å². The molecule has 0 aliphatic carbocycles. The number of hydrogen-bond donors (Lipinski definition) is 2. The number of rotatable bonds is 3. The maximum Gasteiger partial charge on any atom is 0.0589 e. The smallest absolute Gasteiger partial charge is 0.0589 e. The highest BCUT2D eigenvalue weighted by molar-refractivity contribution is 6.00. The molecule has 22 heavy (non-hydrogen) atoms. The maximum absolute atomic E-state index is 4.16. The second-order valence-corrected chi connectivity index (χ2v) is 5.07. The lowest BCUT2D eigenvalue weighted by Crippen LogP contribution is -1.78. The van der Waals surface area contributed by atoms with Crippen molar-refractivity contribution in [2.24, 2.45) is 10.2 Å². The van der Waals surface area contributed by atoms with Crippen LogP contribution < -0.4 is 0 Å². The third-order valence-corrected chi connectivity index (χ3v) is 3.70. The van der Waals surface area contributed by atoms with Crippen molar-refractivity contribution in [3.63, 3.8) is 0 Å². The zero-order valence-corrected chi connectivity index (χ0v) is 11.8. The molecule has 4 nitrogen and oxygen atoms in total. The van der Waals surface area contributed by atoms with Crippen LogP contribution in [0, 0.1) is 0 Å². The molecular weight excluding hydrogens is 272 g/mol. The Balaban J connectivity index is 1.59. The van der Waals surface area contributed by atoms with Gasteiger partial charge in [0.15, 0.2) is 0 Å². The van der Waals surface area contributed by atoms with E-state index in [0.29, 0.717) is 0 Å². The first-order valence-corrected chi connectivity index (χ1v) is 7.10. The summed E-state index contributed by atoms with van der Waals surface area (Å²) in [4.78, 5) is 6.44. The Morgan fingerprint density at radius 2 is 1.09 bits per heavy atom. The van der Waals surface area contributed by atoms with Gasteiger partial charge in [0.2, 0.25) is 0 Å². The molecule has 0 atom stereocenters. The molecule has 0 radical (unpaired) electrons. The van der Waals surface area contributed by atoms with Gasteiger partial charge in [0.25, 0.3) is 0 Å². The van der Waals surface area contributed by atoms with E-state index in [1.165, 1.54) is 0 Å². The number of hydrogen-bond acceptors (Lipinski definition) is 2. The average molecular weight is 286 g/mol. The topological polar surface area (TPSA) is 56.3 Å². The van der Waals surface area contributed by atoms with E-state index in [0.717, 1.165) is 32.9 Å². The molecule has 2 aromatic carbocycles. The number of aromatic amines is 2. The van der Waals surface area contributed by atoms with Crippen molar-refractivity contribution >= 4 is 34.2 Å². The van der Waals surface area contributed by atoms with Crippen LogP contribution in [0.2, 0.25) is 0 Å². The van der Waals surface area contributed by atoms with Crippen LogP contribution in [-0.2, 0) is 0 Å². The molecule has 0 saturated heterocycles. The normalized spacial score (nSPS) is 12.2. The summed E-state index contributed by atoms with van der Waals surface area (Å²) in [5.41, 5.74) is 4.27. The third-order valence-electron chi connectivity index (χ3n) is 3.70. The van der Waals surface area contributed by atoms with Crippen LogP contribution >= 0.6 is 0 Å². The molecule has 0 aliphatic rings. The van der Waals surface area contributed by atoms with Gasteiger partial charge in [-0.3, -0.25) is 0 Å². The van der Waals surface area contributed by atoms with Crippen LogP contribution in [0.15, 0.2) is 71.1 Å². The Bertz CT molecular complexity index is 906. The lowest BCUT2D eigenvalue weighted by atomic mass is 10.2. The summed E-state index contributed by atoms with van der Waals surface area (Å²) in [6.45, 7) is 0. The van der Waals surface area contributed by atoms with Crippen molar-refractivity contribution in [1.29, 1.82) is 0 Å². The number of nitrogens with zero attached hydrogens (tertiary/aromatic N) is 2. The van der Waals surface area contributed by atoms with Gasteiger partial charge in [-0.2, -0.15) is 10.2 Å². The van der Waals surface area contributed by atoms with Gasteiger partial charge in [-0.05, 0) is 12.1 Å². The number of fused-ring (bicyclic) bond motifs is 2. The van der Waals surface area contributed by atoms with Crippen LogP contribution in [0.1, 0.15) is 11.1 Å². The van der Waals surface area contributed by atoms with E-state index in [-0.39, 0.29) is 0 Å². The van der Waals surface area contributed by atoms with Gasteiger partial charge in [0.05, 0.1) is 12.4 Å². The number of H-pyrrole nitrogens is 2. The summed E-state index contributed by atoms with van der Waals surface area (Å²) in [5, 5.41) is 10.6. The van der Waals surface area contributed by atoms with Crippen molar-refractivity contribution in [2.45, 2.75) is 0 Å². The van der Waals surface area contributed by atoms with E-state index in [2.05, 4.69) is 32.3 Å². The highest BCUT2D eigenvalue weighted by Gasteiger charge is 2.00. The molecule has 106 valence electrons. The summed E-state index contributed by atoms with van der Waals surface area (Å²) < 4.78 is 0. The number of aromatic nitrogens is 2. The first-order valence-electron chi connectivity index (χ1n) is 7.10. The first-order chi connectivity index (χ1) is 10.9. The van der Waals surface area contributed by atoms with Gasteiger partial charge >= 0.3 is 0 Å². The van der Waals surface area contributed by atoms with Crippen molar-refractivity contribution in [1.82, 2.24) is 9.97 Å². The molecule has 2 heterocycles. The predicted molar refractivity (Wildman–Crippen MR) is 91.8 cm³/mol. The molecule has 4 rings (SSSR count). The van der Waals surface area contributed by atoms with Gasteiger partial charge in [-0.1, -0.05) is 36.4 Å². The Morgan fingerprint density at radius 3 is 1.59 bits per heavy atom. The van der Waals surface area contributed by atoms with E-state index in [4.69, 9.17) is 0 Å². The van der Waals surface area contributed by atoms with Crippen LogP contribution in [0.25, 0.3) is 21.8 Å².